The Morgan fingerprint density at radius 1 is 1.13 bits per heavy atom. The van der Waals surface area contributed by atoms with Gasteiger partial charge in [0.25, 0.3) is 5.91 Å². The second-order valence-electron chi connectivity index (χ2n) is 7.90. The number of carbonyl (C=O) groups is 1. The molecular weight excluding hydrogens is 382 g/mol. The summed E-state index contributed by atoms with van der Waals surface area (Å²) in [6, 6.07) is 15.0. The third-order valence-corrected chi connectivity index (χ3v) is 5.13. The molecule has 1 amide bonds. The molecule has 1 saturated heterocycles. The van der Waals surface area contributed by atoms with Crippen LogP contribution in [0.15, 0.2) is 48.5 Å². The van der Waals surface area contributed by atoms with Crippen LogP contribution in [0.4, 0.5) is 11.5 Å². The number of hydrogen-bond donors (Lipinski definition) is 1. The van der Waals surface area contributed by atoms with Gasteiger partial charge in [0.15, 0.2) is 5.82 Å². The number of anilines is 2. The van der Waals surface area contributed by atoms with Crippen molar-refractivity contribution < 1.29 is 9.53 Å². The lowest BCUT2D eigenvalue weighted by Gasteiger charge is -2.38. The minimum atomic E-state index is -0.325. The molecule has 0 saturated carbocycles. The van der Waals surface area contributed by atoms with Crippen LogP contribution < -0.4 is 5.32 Å². The predicted molar refractivity (Wildman–Crippen MR) is 112 cm³/mol. The first kappa shape index (κ1) is 18.4. The standard InChI is InChI=1S/C21H21N7O2/c1-21(2)13-27(11-12-30-21)20(29)14-7-9-15(10-8-14)22-18-19-24-25-26-28(19)17-6-4-3-5-16(17)23-18/h3-10H,11-13H2,1-2H3,(H,22,23). The minimum Gasteiger partial charge on any atom is -0.372 e. The number of hydrogen-bond acceptors (Lipinski definition) is 7. The van der Waals surface area contributed by atoms with Gasteiger partial charge in [-0.15, -0.1) is 5.10 Å². The van der Waals surface area contributed by atoms with Crippen molar-refractivity contribution in [3.05, 3.63) is 54.1 Å². The maximum Gasteiger partial charge on any atom is 0.254 e. The maximum absolute atomic E-state index is 12.9. The fourth-order valence-electron chi connectivity index (χ4n) is 3.69. The lowest BCUT2D eigenvalue weighted by molar-refractivity contribution is -0.0764. The molecule has 1 fully saturated rings. The summed E-state index contributed by atoms with van der Waals surface area (Å²) < 4.78 is 7.35. The van der Waals surface area contributed by atoms with Crippen LogP contribution in [-0.2, 0) is 4.74 Å². The van der Waals surface area contributed by atoms with Crippen LogP contribution in [0.5, 0.6) is 0 Å². The van der Waals surface area contributed by atoms with Gasteiger partial charge in [-0.25, -0.2) is 4.98 Å². The van der Waals surface area contributed by atoms with Gasteiger partial charge in [-0.2, -0.15) is 4.52 Å². The molecule has 9 nitrogen and oxygen atoms in total. The van der Waals surface area contributed by atoms with Crippen LogP contribution in [0.3, 0.4) is 0 Å². The van der Waals surface area contributed by atoms with Crippen molar-refractivity contribution in [3.63, 3.8) is 0 Å². The highest BCUT2D eigenvalue weighted by molar-refractivity contribution is 5.95. The highest BCUT2D eigenvalue weighted by Gasteiger charge is 2.30. The molecule has 4 aromatic rings. The first-order valence-corrected chi connectivity index (χ1v) is 9.77. The molecule has 1 N–H and O–H groups in total. The van der Waals surface area contributed by atoms with Gasteiger partial charge in [-0.05, 0) is 60.7 Å². The fraction of sp³-hybridized carbons (Fsp3) is 0.286. The topological polar surface area (TPSA) is 97.5 Å². The summed E-state index contributed by atoms with van der Waals surface area (Å²) in [5.41, 5.74) is 3.25. The van der Waals surface area contributed by atoms with Gasteiger partial charge < -0.3 is 15.0 Å². The molecule has 0 aliphatic carbocycles. The number of nitrogens with one attached hydrogen (secondary N) is 1. The molecule has 9 heteroatoms. The summed E-state index contributed by atoms with van der Waals surface area (Å²) in [7, 11) is 0. The molecule has 0 radical (unpaired) electrons. The van der Waals surface area contributed by atoms with Gasteiger partial charge in [-0.3, -0.25) is 4.79 Å². The number of benzene rings is 2. The summed E-state index contributed by atoms with van der Waals surface area (Å²) >= 11 is 0. The number of rotatable bonds is 3. The Morgan fingerprint density at radius 3 is 2.73 bits per heavy atom. The molecule has 3 heterocycles. The van der Waals surface area contributed by atoms with E-state index in [0.717, 1.165) is 16.7 Å². The van der Waals surface area contributed by atoms with Crippen molar-refractivity contribution in [2.45, 2.75) is 19.4 Å². The van der Waals surface area contributed by atoms with E-state index in [2.05, 4.69) is 25.8 Å². The highest BCUT2D eigenvalue weighted by atomic mass is 16.5. The Morgan fingerprint density at radius 2 is 1.93 bits per heavy atom. The van der Waals surface area contributed by atoms with E-state index in [4.69, 9.17) is 4.74 Å². The van der Waals surface area contributed by atoms with Crippen LogP contribution in [-0.4, -0.2) is 61.1 Å². The van der Waals surface area contributed by atoms with Gasteiger partial charge in [-0.1, -0.05) is 12.1 Å². The number of nitrogens with zero attached hydrogens (tertiary/aromatic N) is 6. The van der Waals surface area contributed by atoms with Crippen molar-refractivity contribution in [3.8, 4) is 0 Å². The number of para-hydroxylation sites is 2. The maximum atomic E-state index is 12.9. The van der Waals surface area contributed by atoms with Crippen molar-refractivity contribution in [1.82, 2.24) is 29.9 Å². The quantitative estimate of drug-likeness (QED) is 0.562. The molecule has 1 aliphatic rings. The van der Waals surface area contributed by atoms with Crippen LogP contribution in [0.2, 0.25) is 0 Å². The van der Waals surface area contributed by atoms with Crippen LogP contribution in [0, 0.1) is 0 Å². The van der Waals surface area contributed by atoms with Crippen molar-refractivity contribution in [2.24, 2.45) is 0 Å². The molecular formula is C21H21N7O2. The normalized spacial score (nSPS) is 16.1. The van der Waals surface area contributed by atoms with Crippen molar-refractivity contribution in [1.29, 1.82) is 0 Å². The zero-order valence-corrected chi connectivity index (χ0v) is 16.7. The third-order valence-electron chi connectivity index (χ3n) is 5.13. The molecule has 30 heavy (non-hydrogen) atoms. The zero-order valence-electron chi connectivity index (χ0n) is 16.7. The Labute approximate surface area is 172 Å². The van der Waals surface area contributed by atoms with Crippen molar-refractivity contribution in [2.75, 3.05) is 25.0 Å². The van der Waals surface area contributed by atoms with Crippen molar-refractivity contribution >= 4 is 34.1 Å². The first-order chi connectivity index (χ1) is 14.5. The number of amides is 1. The lowest BCUT2D eigenvalue weighted by atomic mass is 10.1. The van der Waals surface area contributed by atoms with Gasteiger partial charge in [0.1, 0.15) is 0 Å². The number of tetrazole rings is 1. The predicted octanol–water partition coefficient (Wildman–Crippen LogP) is 2.67. The smallest absolute Gasteiger partial charge is 0.254 e. The van der Waals surface area contributed by atoms with Crippen LogP contribution in [0.25, 0.3) is 16.7 Å². The molecule has 0 bridgehead atoms. The average molecular weight is 403 g/mol. The number of morpholine rings is 1. The van der Waals surface area contributed by atoms with Crippen LogP contribution in [0.1, 0.15) is 24.2 Å². The summed E-state index contributed by atoms with van der Waals surface area (Å²) in [5, 5.41) is 15.2. The summed E-state index contributed by atoms with van der Waals surface area (Å²) in [6.07, 6.45) is 0. The molecule has 0 spiro atoms. The molecule has 0 atom stereocenters. The van der Waals surface area contributed by atoms with E-state index in [1.165, 1.54) is 0 Å². The Bertz CT molecular complexity index is 1230. The molecule has 152 valence electrons. The number of fused-ring (bicyclic) bond motifs is 3. The van der Waals surface area contributed by atoms with E-state index in [1.807, 2.05) is 67.3 Å². The van der Waals surface area contributed by atoms with Crippen LogP contribution >= 0.6 is 0 Å². The summed E-state index contributed by atoms with van der Waals surface area (Å²) in [5.74, 6) is 0.554. The van der Waals surface area contributed by atoms with E-state index in [1.54, 1.807) is 4.52 Å². The summed E-state index contributed by atoms with van der Waals surface area (Å²) in [4.78, 5) is 19.3. The van der Waals surface area contributed by atoms with E-state index < -0.39 is 0 Å². The second-order valence-corrected chi connectivity index (χ2v) is 7.90. The minimum absolute atomic E-state index is 0.00537. The Kier molecular flexibility index (Phi) is 4.32. The van der Waals surface area contributed by atoms with Gasteiger partial charge >= 0.3 is 0 Å². The number of ether oxygens (including phenoxy) is 1. The van der Waals surface area contributed by atoms with Gasteiger partial charge in [0, 0.05) is 24.3 Å². The van der Waals surface area contributed by atoms with E-state index in [9.17, 15) is 4.79 Å². The number of aromatic nitrogens is 5. The number of carbonyl (C=O) groups excluding carboxylic acids is 1. The monoisotopic (exact) mass is 403 g/mol. The summed E-state index contributed by atoms with van der Waals surface area (Å²) in [6.45, 7) is 5.71. The molecule has 2 aromatic heterocycles. The van der Waals surface area contributed by atoms with E-state index in [-0.39, 0.29) is 11.5 Å². The molecule has 5 rings (SSSR count). The third kappa shape index (κ3) is 3.33. The second kappa shape index (κ2) is 7.03. The molecule has 1 aliphatic heterocycles. The Hall–Kier alpha value is -3.59. The Balaban J connectivity index is 1.40. The molecule has 2 aromatic carbocycles. The van der Waals surface area contributed by atoms with Gasteiger partial charge in [0.2, 0.25) is 5.65 Å². The van der Waals surface area contributed by atoms with E-state index in [0.29, 0.717) is 36.7 Å². The average Bonchev–Trinajstić information content (AvgIpc) is 3.24. The zero-order chi connectivity index (χ0) is 20.7. The molecule has 0 unspecified atom stereocenters. The largest absolute Gasteiger partial charge is 0.372 e. The highest BCUT2D eigenvalue weighted by Crippen LogP contribution is 2.24. The SMILES string of the molecule is CC1(C)CN(C(=O)c2ccc(Nc3nc4ccccc4n4nnnc34)cc2)CCO1. The lowest BCUT2D eigenvalue weighted by Crippen LogP contribution is -2.50. The van der Waals surface area contributed by atoms with Gasteiger partial charge in [0.05, 0.1) is 23.2 Å². The first-order valence-electron chi connectivity index (χ1n) is 9.77. The fourth-order valence-corrected chi connectivity index (χ4v) is 3.69. The van der Waals surface area contributed by atoms with E-state index >= 15 is 0 Å².